The van der Waals surface area contributed by atoms with Crippen molar-refractivity contribution in [2.45, 2.75) is 64.8 Å². The molecule has 1 rings (SSSR count). The molecule has 0 atom stereocenters. The van der Waals surface area contributed by atoms with Crippen LogP contribution >= 0.6 is 0 Å². The first-order valence-electron chi connectivity index (χ1n) is 7.07. The third-order valence-corrected chi connectivity index (χ3v) is 4.41. The van der Waals surface area contributed by atoms with Crippen LogP contribution in [0, 0.1) is 11.8 Å². The van der Waals surface area contributed by atoms with E-state index in [0.717, 1.165) is 31.6 Å². The minimum absolute atomic E-state index is 0.216. The van der Waals surface area contributed by atoms with Gasteiger partial charge >= 0.3 is 0 Å². The van der Waals surface area contributed by atoms with E-state index in [4.69, 9.17) is 5.73 Å². The number of hydrogen-bond acceptors (Lipinski definition) is 2. The van der Waals surface area contributed by atoms with E-state index in [1.54, 1.807) is 0 Å². The van der Waals surface area contributed by atoms with Crippen LogP contribution in [0.5, 0.6) is 0 Å². The summed E-state index contributed by atoms with van der Waals surface area (Å²) in [6.07, 6.45) is 6.28. The Balaban J connectivity index is 2.34. The van der Waals surface area contributed by atoms with Gasteiger partial charge in [0.25, 0.3) is 0 Å². The van der Waals surface area contributed by atoms with Gasteiger partial charge < -0.3 is 11.1 Å². The van der Waals surface area contributed by atoms with Gasteiger partial charge in [-0.05, 0) is 44.4 Å². The smallest absolute Gasteiger partial charge is 0.223 e. The Morgan fingerprint density at radius 3 is 2.24 bits per heavy atom. The Hall–Kier alpha value is -0.570. The maximum atomic E-state index is 12.0. The Labute approximate surface area is 106 Å². The zero-order valence-electron chi connectivity index (χ0n) is 11.6. The molecule has 100 valence electrons. The molecule has 3 heteroatoms. The summed E-state index contributed by atoms with van der Waals surface area (Å²) in [5.74, 6) is 1.23. The van der Waals surface area contributed by atoms with Crippen LogP contribution in [0.4, 0.5) is 0 Å². The maximum absolute atomic E-state index is 12.0. The predicted octanol–water partition coefficient (Wildman–Crippen LogP) is 2.45. The second-order valence-corrected chi connectivity index (χ2v) is 5.74. The first-order valence-corrected chi connectivity index (χ1v) is 7.07. The van der Waals surface area contributed by atoms with Crippen molar-refractivity contribution in [2.24, 2.45) is 17.6 Å². The van der Waals surface area contributed by atoms with Gasteiger partial charge in [0.15, 0.2) is 0 Å². The lowest BCUT2D eigenvalue weighted by Gasteiger charge is -2.30. The van der Waals surface area contributed by atoms with E-state index in [1.165, 1.54) is 12.8 Å². The summed E-state index contributed by atoms with van der Waals surface area (Å²) in [4.78, 5) is 12.0. The fraction of sp³-hybridized carbons (Fsp3) is 0.929. The quantitative estimate of drug-likeness (QED) is 0.775. The predicted molar refractivity (Wildman–Crippen MR) is 71.6 cm³/mol. The second-order valence-electron chi connectivity index (χ2n) is 5.74. The average Bonchev–Trinajstić information content (AvgIpc) is 2.36. The maximum Gasteiger partial charge on any atom is 0.223 e. The van der Waals surface area contributed by atoms with Gasteiger partial charge in [0, 0.05) is 18.0 Å². The molecule has 1 saturated carbocycles. The van der Waals surface area contributed by atoms with Crippen LogP contribution in [0.25, 0.3) is 0 Å². The molecule has 0 saturated heterocycles. The molecular weight excluding hydrogens is 212 g/mol. The number of amides is 1. The fourth-order valence-electron chi connectivity index (χ4n) is 2.43. The summed E-state index contributed by atoms with van der Waals surface area (Å²) >= 11 is 0. The molecule has 0 aromatic heterocycles. The standard InChI is InChI=1S/C14H28N2O/c1-4-14(15,5-2)10-16-13(17)12-8-6-11(3)7-9-12/h11-12H,4-10,15H2,1-3H3,(H,16,17). The van der Waals surface area contributed by atoms with E-state index in [1.807, 2.05) is 0 Å². The van der Waals surface area contributed by atoms with Crippen LogP contribution in [0.3, 0.4) is 0 Å². The van der Waals surface area contributed by atoms with Crippen LogP contribution in [0.15, 0.2) is 0 Å². The van der Waals surface area contributed by atoms with Crippen molar-refractivity contribution in [3.8, 4) is 0 Å². The largest absolute Gasteiger partial charge is 0.354 e. The number of rotatable bonds is 5. The zero-order chi connectivity index (χ0) is 12.9. The summed E-state index contributed by atoms with van der Waals surface area (Å²) in [5, 5.41) is 3.05. The van der Waals surface area contributed by atoms with Crippen molar-refractivity contribution in [2.75, 3.05) is 6.54 Å². The Morgan fingerprint density at radius 1 is 1.24 bits per heavy atom. The molecule has 0 spiro atoms. The van der Waals surface area contributed by atoms with Crippen molar-refractivity contribution in [3.63, 3.8) is 0 Å². The van der Waals surface area contributed by atoms with Crippen molar-refractivity contribution < 1.29 is 4.79 Å². The lowest BCUT2D eigenvalue weighted by Crippen LogP contribution is -2.50. The molecule has 0 bridgehead atoms. The monoisotopic (exact) mass is 240 g/mol. The summed E-state index contributed by atoms with van der Waals surface area (Å²) in [6.45, 7) is 7.05. The minimum atomic E-state index is -0.225. The molecule has 1 fully saturated rings. The zero-order valence-corrected chi connectivity index (χ0v) is 11.6. The molecule has 0 aromatic carbocycles. The molecule has 1 aliphatic carbocycles. The van der Waals surface area contributed by atoms with Crippen molar-refractivity contribution in [1.82, 2.24) is 5.32 Å². The van der Waals surface area contributed by atoms with E-state index in [0.29, 0.717) is 6.54 Å². The molecule has 0 unspecified atom stereocenters. The molecular formula is C14H28N2O. The summed E-state index contributed by atoms with van der Waals surface area (Å²) < 4.78 is 0. The van der Waals surface area contributed by atoms with Crippen molar-refractivity contribution >= 4 is 5.91 Å². The normalized spacial score (nSPS) is 25.6. The first kappa shape index (κ1) is 14.5. The Kier molecular flexibility index (Phi) is 5.44. The van der Waals surface area contributed by atoms with Gasteiger partial charge in [-0.3, -0.25) is 4.79 Å². The lowest BCUT2D eigenvalue weighted by molar-refractivity contribution is -0.126. The highest BCUT2D eigenvalue weighted by Crippen LogP contribution is 2.28. The number of nitrogens with two attached hydrogens (primary N) is 1. The van der Waals surface area contributed by atoms with E-state index >= 15 is 0 Å². The van der Waals surface area contributed by atoms with Gasteiger partial charge in [0.05, 0.1) is 0 Å². The average molecular weight is 240 g/mol. The lowest BCUT2D eigenvalue weighted by atomic mass is 9.82. The highest BCUT2D eigenvalue weighted by atomic mass is 16.1. The molecule has 0 heterocycles. The molecule has 0 aliphatic heterocycles. The van der Waals surface area contributed by atoms with Crippen LogP contribution < -0.4 is 11.1 Å². The second kappa shape index (κ2) is 6.39. The molecule has 3 N–H and O–H groups in total. The Bertz CT molecular complexity index is 241. The Morgan fingerprint density at radius 2 is 1.76 bits per heavy atom. The molecule has 17 heavy (non-hydrogen) atoms. The van der Waals surface area contributed by atoms with E-state index in [9.17, 15) is 4.79 Å². The van der Waals surface area contributed by atoms with Gasteiger partial charge in [-0.1, -0.05) is 20.8 Å². The topological polar surface area (TPSA) is 55.1 Å². The molecule has 3 nitrogen and oxygen atoms in total. The van der Waals surface area contributed by atoms with E-state index in [2.05, 4.69) is 26.1 Å². The molecule has 0 radical (unpaired) electrons. The number of nitrogens with one attached hydrogen (secondary N) is 1. The third kappa shape index (κ3) is 4.30. The van der Waals surface area contributed by atoms with Crippen LogP contribution in [-0.2, 0) is 4.79 Å². The van der Waals surface area contributed by atoms with Gasteiger partial charge in [-0.25, -0.2) is 0 Å². The van der Waals surface area contributed by atoms with Gasteiger partial charge in [0.1, 0.15) is 0 Å². The van der Waals surface area contributed by atoms with Gasteiger partial charge in [0.2, 0.25) is 5.91 Å². The summed E-state index contributed by atoms with van der Waals surface area (Å²) in [6, 6.07) is 0. The number of carbonyl (C=O) groups excluding carboxylic acids is 1. The van der Waals surface area contributed by atoms with Crippen molar-refractivity contribution in [3.05, 3.63) is 0 Å². The van der Waals surface area contributed by atoms with Gasteiger partial charge in [-0.2, -0.15) is 0 Å². The van der Waals surface area contributed by atoms with E-state index in [-0.39, 0.29) is 17.4 Å². The van der Waals surface area contributed by atoms with Crippen LogP contribution in [-0.4, -0.2) is 18.0 Å². The fourth-order valence-corrected chi connectivity index (χ4v) is 2.43. The highest BCUT2D eigenvalue weighted by molar-refractivity contribution is 5.78. The van der Waals surface area contributed by atoms with E-state index < -0.39 is 0 Å². The first-order chi connectivity index (χ1) is 8.00. The summed E-state index contributed by atoms with van der Waals surface area (Å²) in [7, 11) is 0. The number of carbonyl (C=O) groups is 1. The minimum Gasteiger partial charge on any atom is -0.354 e. The van der Waals surface area contributed by atoms with Crippen LogP contribution in [0.2, 0.25) is 0 Å². The van der Waals surface area contributed by atoms with Crippen LogP contribution in [0.1, 0.15) is 59.3 Å². The van der Waals surface area contributed by atoms with Crippen molar-refractivity contribution in [1.29, 1.82) is 0 Å². The number of hydrogen-bond donors (Lipinski definition) is 2. The molecule has 0 aromatic rings. The third-order valence-electron chi connectivity index (χ3n) is 4.41. The molecule has 1 aliphatic rings. The molecule has 1 amide bonds. The highest BCUT2D eigenvalue weighted by Gasteiger charge is 2.26. The van der Waals surface area contributed by atoms with Gasteiger partial charge in [-0.15, -0.1) is 0 Å². The SMILES string of the molecule is CCC(N)(CC)CNC(=O)C1CCC(C)CC1. The summed E-state index contributed by atoms with van der Waals surface area (Å²) in [5.41, 5.74) is 5.96.